The third kappa shape index (κ3) is 1.82. The summed E-state index contributed by atoms with van der Waals surface area (Å²) in [6.45, 7) is 8.31. The second-order valence-electron chi connectivity index (χ2n) is 4.53. The molecule has 86 valence electrons. The van der Waals surface area contributed by atoms with Gasteiger partial charge in [-0.15, -0.1) is 0 Å². The molecule has 0 unspecified atom stereocenters. The van der Waals surface area contributed by atoms with E-state index >= 15 is 0 Å². The van der Waals surface area contributed by atoms with E-state index in [2.05, 4.69) is 29.3 Å². The van der Waals surface area contributed by atoms with Gasteiger partial charge in [0, 0.05) is 24.0 Å². The van der Waals surface area contributed by atoms with Gasteiger partial charge in [-0.1, -0.05) is 20.8 Å². The molecule has 0 aliphatic heterocycles. The van der Waals surface area contributed by atoms with Gasteiger partial charge in [0.15, 0.2) is 0 Å². The third-order valence-corrected chi connectivity index (χ3v) is 3.06. The molecule has 1 aliphatic carbocycles. The number of hydrogen-bond acceptors (Lipinski definition) is 2. The normalized spacial score (nSPS) is 16.8. The van der Waals surface area contributed by atoms with Crippen molar-refractivity contribution in [3.05, 3.63) is 29.8 Å². The van der Waals surface area contributed by atoms with Gasteiger partial charge in [-0.25, -0.2) is 9.97 Å². The van der Waals surface area contributed by atoms with E-state index in [0.29, 0.717) is 5.41 Å². The van der Waals surface area contributed by atoms with E-state index in [1.165, 1.54) is 24.1 Å². The molecule has 3 heteroatoms. The smallest absolute Gasteiger partial charge is 0.233 e. The number of nitrogens with zero attached hydrogens (tertiary/aromatic N) is 3. The average molecular weight is 217 g/mol. The van der Waals surface area contributed by atoms with Crippen molar-refractivity contribution in [3.8, 4) is 0 Å². The maximum Gasteiger partial charge on any atom is 0.233 e. The highest BCUT2D eigenvalue weighted by molar-refractivity contribution is 5.36. The summed E-state index contributed by atoms with van der Waals surface area (Å²) in [6, 6.07) is 0. The first-order chi connectivity index (χ1) is 7.67. The Balaban J connectivity index is 0.000000457. The lowest BCUT2D eigenvalue weighted by atomic mass is 10.1. The van der Waals surface area contributed by atoms with E-state index in [-0.39, 0.29) is 0 Å². The highest BCUT2D eigenvalue weighted by atomic mass is 15.1. The van der Waals surface area contributed by atoms with Gasteiger partial charge in [-0.3, -0.25) is 4.40 Å². The minimum Gasteiger partial charge on any atom is -0.291 e. The van der Waals surface area contributed by atoms with Crippen LogP contribution >= 0.6 is 0 Å². The summed E-state index contributed by atoms with van der Waals surface area (Å²) in [5.74, 6) is 0.818. The predicted octanol–water partition coefficient (Wildman–Crippen LogP) is 3.12. The summed E-state index contributed by atoms with van der Waals surface area (Å²) >= 11 is 0. The number of imidazole rings is 1. The van der Waals surface area contributed by atoms with Gasteiger partial charge in [0.2, 0.25) is 5.78 Å². The molecule has 0 saturated heterocycles. The standard InChI is InChI=1S/C11H13N3.C2H6/c1-8-5-12-10-13-9(7-14(10)6-8)11(2)3-4-11;1-2/h5-7H,3-4H2,1-2H3;1-2H3. The lowest BCUT2D eigenvalue weighted by molar-refractivity contribution is 0.758. The first-order valence-corrected chi connectivity index (χ1v) is 5.99. The van der Waals surface area contributed by atoms with Crippen LogP contribution in [0.4, 0.5) is 0 Å². The summed E-state index contributed by atoms with van der Waals surface area (Å²) in [5.41, 5.74) is 2.69. The fraction of sp³-hybridized carbons (Fsp3) is 0.538. The first-order valence-electron chi connectivity index (χ1n) is 5.99. The highest BCUT2D eigenvalue weighted by Crippen LogP contribution is 2.46. The second kappa shape index (κ2) is 3.89. The monoisotopic (exact) mass is 217 g/mol. The van der Waals surface area contributed by atoms with Crippen molar-refractivity contribution < 1.29 is 0 Å². The molecule has 3 rings (SSSR count). The fourth-order valence-electron chi connectivity index (χ4n) is 1.72. The summed E-state index contributed by atoms with van der Waals surface area (Å²) in [5, 5.41) is 0. The van der Waals surface area contributed by atoms with Crippen LogP contribution < -0.4 is 0 Å². The summed E-state index contributed by atoms with van der Waals surface area (Å²) in [7, 11) is 0. The van der Waals surface area contributed by atoms with E-state index in [1.807, 2.05) is 31.4 Å². The quantitative estimate of drug-likeness (QED) is 0.734. The second-order valence-corrected chi connectivity index (χ2v) is 4.53. The Bertz CT molecular complexity index is 495. The van der Waals surface area contributed by atoms with Gasteiger partial charge >= 0.3 is 0 Å². The molecule has 1 saturated carbocycles. The molecule has 0 bridgehead atoms. The van der Waals surface area contributed by atoms with Crippen LogP contribution in [0.5, 0.6) is 0 Å². The van der Waals surface area contributed by atoms with Crippen molar-refractivity contribution >= 4 is 5.78 Å². The van der Waals surface area contributed by atoms with Crippen molar-refractivity contribution in [3.63, 3.8) is 0 Å². The molecule has 0 amide bonds. The molecule has 1 aliphatic rings. The lowest BCUT2D eigenvalue weighted by Gasteiger charge is -1.99. The minimum atomic E-state index is 0.335. The van der Waals surface area contributed by atoms with Crippen LogP contribution in [0.1, 0.15) is 44.9 Å². The van der Waals surface area contributed by atoms with Gasteiger partial charge < -0.3 is 0 Å². The van der Waals surface area contributed by atoms with Gasteiger partial charge in [0.1, 0.15) is 0 Å². The van der Waals surface area contributed by atoms with Crippen LogP contribution in [0.2, 0.25) is 0 Å². The Morgan fingerprint density at radius 3 is 2.56 bits per heavy atom. The van der Waals surface area contributed by atoms with Crippen LogP contribution in [-0.2, 0) is 5.41 Å². The maximum absolute atomic E-state index is 4.54. The SMILES string of the molecule is CC.Cc1cnc2nc(C3(C)CC3)cn2c1. The average Bonchev–Trinajstić information content (AvgIpc) is 2.90. The van der Waals surface area contributed by atoms with E-state index in [0.717, 1.165) is 5.78 Å². The molecular weight excluding hydrogens is 198 g/mol. The summed E-state index contributed by atoms with van der Waals surface area (Å²) in [6.07, 6.45) is 8.57. The number of aromatic nitrogens is 3. The minimum absolute atomic E-state index is 0.335. The molecule has 16 heavy (non-hydrogen) atoms. The zero-order valence-electron chi connectivity index (χ0n) is 10.5. The largest absolute Gasteiger partial charge is 0.291 e. The highest BCUT2D eigenvalue weighted by Gasteiger charge is 2.41. The summed E-state index contributed by atoms with van der Waals surface area (Å²) in [4.78, 5) is 8.83. The third-order valence-electron chi connectivity index (χ3n) is 3.06. The predicted molar refractivity (Wildman–Crippen MR) is 65.7 cm³/mol. The molecule has 2 aromatic heterocycles. The molecule has 2 aromatic rings. The maximum atomic E-state index is 4.54. The van der Waals surface area contributed by atoms with E-state index in [1.54, 1.807) is 0 Å². The number of aryl methyl sites for hydroxylation is 1. The Hall–Kier alpha value is -1.38. The first kappa shape index (κ1) is 11.1. The molecule has 0 atom stereocenters. The fourth-order valence-corrected chi connectivity index (χ4v) is 1.72. The van der Waals surface area contributed by atoms with Crippen LogP contribution in [0.3, 0.4) is 0 Å². The zero-order valence-corrected chi connectivity index (χ0v) is 10.5. The lowest BCUT2D eigenvalue weighted by Crippen LogP contribution is -1.98. The Morgan fingerprint density at radius 1 is 1.25 bits per heavy atom. The summed E-state index contributed by atoms with van der Waals surface area (Å²) < 4.78 is 2.02. The molecule has 1 fully saturated rings. The van der Waals surface area contributed by atoms with Crippen LogP contribution in [-0.4, -0.2) is 14.4 Å². The molecule has 0 aromatic carbocycles. The van der Waals surface area contributed by atoms with Crippen LogP contribution in [0, 0.1) is 6.92 Å². The molecular formula is C13H19N3. The van der Waals surface area contributed by atoms with Crippen LogP contribution in [0.25, 0.3) is 5.78 Å². The van der Waals surface area contributed by atoms with Crippen molar-refractivity contribution in [1.82, 2.24) is 14.4 Å². The topological polar surface area (TPSA) is 30.2 Å². The van der Waals surface area contributed by atoms with E-state index in [9.17, 15) is 0 Å². The number of rotatable bonds is 1. The zero-order chi connectivity index (χ0) is 11.8. The van der Waals surface area contributed by atoms with Crippen molar-refractivity contribution in [2.45, 2.75) is 46.0 Å². The Kier molecular flexibility index (Phi) is 2.70. The number of fused-ring (bicyclic) bond motifs is 1. The van der Waals surface area contributed by atoms with Gasteiger partial charge in [-0.05, 0) is 25.3 Å². The Morgan fingerprint density at radius 2 is 1.94 bits per heavy atom. The molecule has 0 radical (unpaired) electrons. The van der Waals surface area contributed by atoms with E-state index < -0.39 is 0 Å². The number of hydrogen-bond donors (Lipinski definition) is 0. The van der Waals surface area contributed by atoms with Gasteiger partial charge in [-0.2, -0.15) is 0 Å². The molecule has 0 N–H and O–H groups in total. The Labute approximate surface area is 96.5 Å². The van der Waals surface area contributed by atoms with Crippen molar-refractivity contribution in [2.24, 2.45) is 0 Å². The van der Waals surface area contributed by atoms with Crippen molar-refractivity contribution in [1.29, 1.82) is 0 Å². The van der Waals surface area contributed by atoms with E-state index in [4.69, 9.17) is 0 Å². The molecule has 0 spiro atoms. The van der Waals surface area contributed by atoms with Crippen molar-refractivity contribution in [2.75, 3.05) is 0 Å². The molecule has 2 heterocycles. The van der Waals surface area contributed by atoms with Gasteiger partial charge in [0.05, 0.1) is 5.69 Å². The molecule has 3 nitrogen and oxygen atoms in total. The van der Waals surface area contributed by atoms with Gasteiger partial charge in [0.25, 0.3) is 0 Å². The van der Waals surface area contributed by atoms with Crippen LogP contribution in [0.15, 0.2) is 18.6 Å².